The molecule has 4 bridgehead atoms. The summed E-state index contributed by atoms with van der Waals surface area (Å²) >= 11 is 0. The number of hydrogen-bond acceptors (Lipinski definition) is 4. The third-order valence-electron chi connectivity index (χ3n) is 5.31. The van der Waals surface area contributed by atoms with Crippen LogP contribution >= 0.6 is 0 Å². The first-order valence-corrected chi connectivity index (χ1v) is 7.40. The van der Waals surface area contributed by atoms with Crippen molar-refractivity contribution in [2.24, 2.45) is 17.3 Å². The fraction of sp³-hybridized carbons (Fsp3) is 0.750. The molecule has 0 radical (unpaired) electrons. The molecule has 4 rings (SSSR count). The van der Waals surface area contributed by atoms with Crippen LogP contribution in [0.1, 0.15) is 51.9 Å². The van der Waals surface area contributed by atoms with Gasteiger partial charge in [-0.2, -0.15) is 0 Å². The summed E-state index contributed by atoms with van der Waals surface area (Å²) in [6.07, 6.45) is 5.61. The molecule has 4 fully saturated rings. The van der Waals surface area contributed by atoms with Crippen LogP contribution in [-0.4, -0.2) is 17.5 Å². The zero-order valence-corrected chi connectivity index (χ0v) is 11.9. The molecule has 4 saturated carbocycles. The lowest BCUT2D eigenvalue weighted by molar-refractivity contribution is -0.311. The van der Waals surface area contributed by atoms with E-state index in [1.54, 1.807) is 6.92 Å². The number of carbonyl (C=O) groups excluding carboxylic acids is 2. The van der Waals surface area contributed by atoms with Gasteiger partial charge in [0.2, 0.25) is 0 Å². The second-order valence-corrected chi connectivity index (χ2v) is 7.36. The number of ether oxygens (including phenoxy) is 1. The summed E-state index contributed by atoms with van der Waals surface area (Å²) in [5.74, 6) is -0.328. The molecule has 0 N–H and O–H groups in total. The van der Waals surface area contributed by atoms with Gasteiger partial charge in [0.1, 0.15) is 5.60 Å². The van der Waals surface area contributed by atoms with Crippen LogP contribution in [0, 0.1) is 17.3 Å². The van der Waals surface area contributed by atoms with Gasteiger partial charge in [0, 0.05) is 11.5 Å². The van der Waals surface area contributed by atoms with Crippen molar-refractivity contribution in [2.75, 3.05) is 0 Å². The molecule has 0 aromatic heterocycles. The lowest BCUT2D eigenvalue weighted by atomic mass is 9.47. The first kappa shape index (κ1) is 13.7. The Bertz CT molecular complexity index is 465. The normalized spacial score (nSPS) is 41.5. The molecule has 2 atom stereocenters. The van der Waals surface area contributed by atoms with Crippen molar-refractivity contribution in [3.63, 3.8) is 0 Å². The Balaban J connectivity index is 1.85. The Labute approximate surface area is 119 Å². The highest BCUT2D eigenvalue weighted by molar-refractivity contribution is 5.87. The molecule has 0 saturated heterocycles. The molecule has 20 heavy (non-hydrogen) atoms. The number of hydrogen-bond donors (Lipinski definition) is 0. The van der Waals surface area contributed by atoms with Crippen LogP contribution in [0.2, 0.25) is 0 Å². The lowest BCUT2D eigenvalue weighted by Crippen LogP contribution is -2.58. The van der Waals surface area contributed by atoms with Gasteiger partial charge in [-0.3, -0.25) is 0 Å². The quantitative estimate of drug-likeness (QED) is 0.578. The molecule has 0 spiro atoms. The zero-order valence-electron chi connectivity index (χ0n) is 11.9. The highest BCUT2D eigenvalue weighted by Gasteiger charge is 2.59. The van der Waals surface area contributed by atoms with Crippen LogP contribution in [0.5, 0.6) is 0 Å². The van der Waals surface area contributed by atoms with Crippen molar-refractivity contribution in [1.29, 1.82) is 0 Å². The molecular formula is C16H21O4-. The Morgan fingerprint density at radius 3 is 2.35 bits per heavy atom. The van der Waals surface area contributed by atoms with Gasteiger partial charge >= 0.3 is 5.97 Å². The second-order valence-electron chi connectivity index (χ2n) is 7.36. The van der Waals surface area contributed by atoms with Gasteiger partial charge in [-0.15, -0.1) is 0 Å². The van der Waals surface area contributed by atoms with E-state index in [1.807, 2.05) is 0 Å². The van der Waals surface area contributed by atoms with Crippen molar-refractivity contribution < 1.29 is 19.4 Å². The molecule has 4 heteroatoms. The minimum atomic E-state index is -0.978. The van der Waals surface area contributed by atoms with E-state index in [2.05, 4.69) is 6.58 Å². The Morgan fingerprint density at radius 2 is 1.85 bits per heavy atom. The number of esters is 1. The van der Waals surface area contributed by atoms with E-state index in [4.69, 9.17) is 4.74 Å². The maximum Gasteiger partial charge on any atom is 0.333 e. The number of rotatable bonds is 4. The lowest BCUT2D eigenvalue weighted by Gasteiger charge is -2.61. The predicted octanol–water partition coefficient (Wildman–Crippen LogP) is 1.58. The average Bonchev–Trinajstić information content (AvgIpc) is 2.23. The van der Waals surface area contributed by atoms with Gasteiger partial charge in [-0.1, -0.05) is 6.58 Å². The topological polar surface area (TPSA) is 66.4 Å². The molecule has 0 aliphatic heterocycles. The van der Waals surface area contributed by atoms with Crippen LogP contribution < -0.4 is 5.11 Å². The molecule has 0 amide bonds. The third-order valence-corrected chi connectivity index (χ3v) is 5.31. The highest BCUT2D eigenvalue weighted by Crippen LogP contribution is 2.63. The van der Waals surface area contributed by atoms with Crippen LogP contribution in [0.3, 0.4) is 0 Å². The molecule has 0 heterocycles. The number of carbonyl (C=O) groups is 2. The van der Waals surface area contributed by atoms with Crippen molar-refractivity contribution in [3.05, 3.63) is 12.2 Å². The van der Waals surface area contributed by atoms with E-state index in [0.29, 0.717) is 23.8 Å². The highest BCUT2D eigenvalue weighted by atomic mass is 16.6. The predicted molar refractivity (Wildman–Crippen MR) is 70.4 cm³/mol. The molecule has 2 unspecified atom stereocenters. The van der Waals surface area contributed by atoms with E-state index in [0.717, 1.165) is 32.1 Å². The molecule has 110 valence electrons. The minimum Gasteiger partial charge on any atom is -0.550 e. The van der Waals surface area contributed by atoms with Crippen molar-refractivity contribution >= 4 is 11.9 Å². The molecule has 0 aromatic rings. The number of aliphatic carboxylic acids is 1. The maximum atomic E-state index is 11.9. The van der Waals surface area contributed by atoms with Crippen molar-refractivity contribution in [2.45, 2.75) is 57.5 Å². The average molecular weight is 277 g/mol. The van der Waals surface area contributed by atoms with E-state index >= 15 is 0 Å². The Hall–Kier alpha value is -1.32. The van der Waals surface area contributed by atoms with Crippen molar-refractivity contribution in [1.82, 2.24) is 0 Å². The van der Waals surface area contributed by atoms with Gasteiger partial charge < -0.3 is 14.6 Å². The first-order valence-electron chi connectivity index (χ1n) is 7.40. The number of carboxylic acids is 1. The van der Waals surface area contributed by atoms with Crippen LogP contribution in [-0.2, 0) is 14.3 Å². The SMILES string of the molecule is C=C(C)C(=O)OC12CC3CC(CC(CC(=O)[O-])(C3)C1)C2. The van der Waals surface area contributed by atoms with Gasteiger partial charge in [0.15, 0.2) is 0 Å². The summed E-state index contributed by atoms with van der Waals surface area (Å²) < 4.78 is 5.77. The minimum absolute atomic E-state index is 0.104. The van der Waals surface area contributed by atoms with Gasteiger partial charge in [-0.05, 0) is 69.1 Å². The van der Waals surface area contributed by atoms with Crippen molar-refractivity contribution in [3.8, 4) is 0 Å². The summed E-state index contributed by atoms with van der Waals surface area (Å²) in [7, 11) is 0. The van der Waals surface area contributed by atoms with E-state index in [-0.39, 0.29) is 17.8 Å². The standard InChI is InChI=1S/C16H22O4/c1-10(2)14(19)20-16-6-11-3-12(7-16)5-15(4-11,9-16)8-13(17)18/h11-12H,1,3-9H2,2H3,(H,17,18)/p-1. The monoisotopic (exact) mass is 277 g/mol. The van der Waals surface area contributed by atoms with E-state index < -0.39 is 11.6 Å². The molecule has 4 aliphatic rings. The third kappa shape index (κ3) is 2.25. The van der Waals surface area contributed by atoms with Gasteiger partial charge in [0.25, 0.3) is 0 Å². The summed E-state index contributed by atoms with van der Waals surface area (Å²) in [6.45, 7) is 5.29. The first-order chi connectivity index (χ1) is 9.31. The fourth-order valence-corrected chi connectivity index (χ4v) is 5.28. The maximum absolute atomic E-state index is 11.9. The van der Waals surface area contributed by atoms with Gasteiger partial charge in [-0.25, -0.2) is 4.79 Å². The van der Waals surface area contributed by atoms with Crippen LogP contribution in [0.15, 0.2) is 12.2 Å². The zero-order chi connectivity index (χ0) is 14.5. The summed E-state index contributed by atoms with van der Waals surface area (Å²) in [5.41, 5.74) is -0.247. The Kier molecular flexibility index (Phi) is 2.96. The fourth-order valence-electron chi connectivity index (χ4n) is 5.28. The Morgan fingerprint density at radius 1 is 1.25 bits per heavy atom. The molecule has 0 aromatic carbocycles. The largest absolute Gasteiger partial charge is 0.550 e. The second kappa shape index (κ2) is 4.34. The summed E-state index contributed by atoms with van der Waals surface area (Å²) in [6, 6.07) is 0. The van der Waals surface area contributed by atoms with E-state index in [1.165, 1.54) is 0 Å². The smallest absolute Gasteiger partial charge is 0.333 e. The summed E-state index contributed by atoms with van der Waals surface area (Å²) in [5, 5.41) is 11.1. The molecular weight excluding hydrogens is 256 g/mol. The van der Waals surface area contributed by atoms with Gasteiger partial charge in [0.05, 0.1) is 0 Å². The van der Waals surface area contributed by atoms with Crippen LogP contribution in [0.4, 0.5) is 0 Å². The summed E-state index contributed by atoms with van der Waals surface area (Å²) in [4.78, 5) is 23.0. The van der Waals surface area contributed by atoms with E-state index in [9.17, 15) is 14.7 Å². The molecule has 4 nitrogen and oxygen atoms in total. The van der Waals surface area contributed by atoms with Crippen LogP contribution in [0.25, 0.3) is 0 Å². The molecule has 4 aliphatic carbocycles. The number of carboxylic acid groups (broad SMARTS) is 1.